The number of hydrogen-bond acceptors (Lipinski definition) is 10. The fraction of sp³-hybridized carbons (Fsp3) is 0.929. The first-order chi connectivity index (χ1) is 18.1. The number of halogens is 2. The van der Waals surface area contributed by atoms with E-state index < -0.39 is 83.2 Å². The number of hydrogen-bond donors (Lipinski definition) is 2. The van der Waals surface area contributed by atoms with Crippen molar-refractivity contribution in [2.45, 2.75) is 141 Å². The number of alkyl halides is 2. The van der Waals surface area contributed by atoms with Gasteiger partial charge in [-0.1, -0.05) is 31.9 Å². The van der Waals surface area contributed by atoms with Gasteiger partial charge < -0.3 is 38.6 Å². The number of aliphatic hydroxyl groups excluding tert-OH is 2. The summed E-state index contributed by atoms with van der Waals surface area (Å²) in [5, 5.41) is 22.2. The van der Waals surface area contributed by atoms with Gasteiger partial charge in [-0.05, 0) is 69.2 Å². The van der Waals surface area contributed by atoms with Gasteiger partial charge in [0.15, 0.2) is 11.6 Å². The van der Waals surface area contributed by atoms with E-state index in [1.54, 1.807) is 69.2 Å². The lowest BCUT2D eigenvalue weighted by Gasteiger charge is -2.38. The normalized spacial score (nSPS) is 29.4. The summed E-state index contributed by atoms with van der Waals surface area (Å²) in [5.41, 5.74) is -1.51. The molecule has 2 saturated heterocycles. The van der Waals surface area contributed by atoms with E-state index in [9.17, 15) is 19.8 Å². The van der Waals surface area contributed by atoms with Gasteiger partial charge in [0.25, 0.3) is 0 Å². The van der Waals surface area contributed by atoms with Gasteiger partial charge in [0.1, 0.15) is 23.4 Å². The lowest BCUT2D eigenvalue weighted by Crippen LogP contribution is -2.50. The molecule has 2 heterocycles. The Morgan fingerprint density at radius 2 is 0.950 bits per heavy atom. The first-order valence-corrected chi connectivity index (χ1v) is 16.0. The molecule has 2 aliphatic rings. The maximum atomic E-state index is 13.3. The minimum atomic E-state index is -1.08. The third-order valence-electron chi connectivity index (χ3n) is 6.44. The van der Waals surface area contributed by atoms with Crippen molar-refractivity contribution in [3.05, 3.63) is 0 Å². The Kier molecular flexibility index (Phi) is 12.1. The van der Waals surface area contributed by atoms with Crippen LogP contribution in [0.4, 0.5) is 0 Å². The van der Waals surface area contributed by atoms with Crippen molar-refractivity contribution in [2.24, 2.45) is 11.8 Å². The predicted octanol–water partition coefficient (Wildman–Crippen LogP) is 4.23. The molecule has 2 unspecified atom stereocenters. The van der Waals surface area contributed by atoms with E-state index in [0.717, 1.165) is 0 Å². The molecule has 0 radical (unpaired) electrons. The van der Waals surface area contributed by atoms with Gasteiger partial charge in [-0.2, -0.15) is 0 Å². The number of carbonyl (C=O) groups excluding carboxylic acids is 2. The molecule has 0 spiro atoms. The van der Waals surface area contributed by atoms with Gasteiger partial charge in [-0.25, -0.2) is 0 Å². The van der Waals surface area contributed by atoms with Gasteiger partial charge in [0.2, 0.25) is 0 Å². The Balaban J connectivity index is 2.67. The van der Waals surface area contributed by atoms with Crippen LogP contribution in [-0.2, 0) is 38.0 Å². The number of esters is 2. The van der Waals surface area contributed by atoms with Crippen LogP contribution in [0.5, 0.6) is 0 Å². The van der Waals surface area contributed by atoms with Gasteiger partial charge in [-0.3, -0.25) is 9.59 Å². The Morgan fingerprint density at radius 3 is 1.20 bits per heavy atom. The average Bonchev–Trinajstić information content (AvgIpc) is 3.27. The van der Waals surface area contributed by atoms with Crippen LogP contribution in [-0.4, -0.2) is 92.2 Å². The molecule has 0 bridgehead atoms. The van der Waals surface area contributed by atoms with Crippen LogP contribution in [0.15, 0.2) is 0 Å². The van der Waals surface area contributed by atoms with Crippen LogP contribution >= 0.6 is 31.9 Å². The summed E-state index contributed by atoms with van der Waals surface area (Å²) in [6.07, 6.45) is -5.63. The van der Waals surface area contributed by atoms with Crippen LogP contribution in [0.3, 0.4) is 0 Å². The van der Waals surface area contributed by atoms with Crippen molar-refractivity contribution < 1.29 is 48.2 Å². The zero-order valence-electron chi connectivity index (χ0n) is 25.4. The van der Waals surface area contributed by atoms with Crippen LogP contribution in [0.25, 0.3) is 0 Å². The van der Waals surface area contributed by atoms with E-state index in [-0.39, 0.29) is 23.5 Å². The molecule has 0 amide bonds. The predicted molar refractivity (Wildman–Crippen MR) is 155 cm³/mol. The molecule has 2 aliphatic heterocycles. The minimum absolute atomic E-state index is 0.169. The van der Waals surface area contributed by atoms with Gasteiger partial charge in [-0.15, -0.1) is 0 Å². The van der Waals surface area contributed by atoms with E-state index >= 15 is 0 Å². The Morgan fingerprint density at radius 1 is 0.675 bits per heavy atom. The maximum absolute atomic E-state index is 13.3. The summed E-state index contributed by atoms with van der Waals surface area (Å²) in [7, 11) is 0. The van der Waals surface area contributed by atoms with E-state index in [2.05, 4.69) is 31.9 Å². The van der Waals surface area contributed by atoms with Crippen molar-refractivity contribution in [1.29, 1.82) is 0 Å². The molecule has 234 valence electrons. The summed E-state index contributed by atoms with van der Waals surface area (Å²) in [6.45, 7) is 17.5. The molecular weight excluding hydrogens is 656 g/mol. The fourth-order valence-electron chi connectivity index (χ4n) is 5.24. The Labute approximate surface area is 255 Å². The summed E-state index contributed by atoms with van der Waals surface area (Å²) in [5.74, 6) is -4.69. The van der Waals surface area contributed by atoms with E-state index in [4.69, 9.17) is 28.4 Å². The molecule has 2 rings (SSSR count). The third-order valence-corrected chi connectivity index (χ3v) is 7.77. The topological polar surface area (TPSA) is 130 Å². The molecule has 2 fully saturated rings. The lowest BCUT2D eigenvalue weighted by atomic mass is 9.75. The molecule has 12 heteroatoms. The Bertz CT molecular complexity index is 796. The van der Waals surface area contributed by atoms with Crippen molar-refractivity contribution in [3.63, 3.8) is 0 Å². The zero-order chi connectivity index (χ0) is 30.8. The molecule has 0 saturated carbocycles. The maximum Gasteiger partial charge on any atom is 0.306 e. The van der Waals surface area contributed by atoms with Crippen molar-refractivity contribution >= 4 is 43.8 Å². The van der Waals surface area contributed by atoms with Gasteiger partial charge in [0, 0.05) is 22.5 Å². The van der Waals surface area contributed by atoms with Gasteiger partial charge in [0.05, 0.1) is 37.3 Å². The molecule has 40 heavy (non-hydrogen) atoms. The molecule has 10 nitrogen and oxygen atoms in total. The molecule has 0 aromatic heterocycles. The first-order valence-electron chi connectivity index (χ1n) is 13.7. The average molecular weight is 704 g/mol. The van der Waals surface area contributed by atoms with Crippen molar-refractivity contribution in [1.82, 2.24) is 0 Å². The smallest absolute Gasteiger partial charge is 0.306 e. The highest BCUT2D eigenvalue weighted by atomic mass is 79.9. The highest BCUT2D eigenvalue weighted by molar-refractivity contribution is 9.09. The molecule has 0 aromatic rings. The monoisotopic (exact) mass is 702 g/mol. The Hall–Kier alpha value is -0.340. The largest absolute Gasteiger partial charge is 0.460 e. The summed E-state index contributed by atoms with van der Waals surface area (Å²) < 4.78 is 36.3. The SMILES string of the molecule is CC(C)(C)OC(=O)CC(C(CC(=O)OC(C)(C)C)[C@@H]1OC(C)(C)O[C@@H]1[C@H](O)CBr)[C@@H]1OC(C)(C)O[C@@H]1[C@H](O)CBr. The van der Waals surface area contributed by atoms with Crippen LogP contribution in [0, 0.1) is 11.8 Å². The number of carbonyl (C=O) groups is 2. The van der Waals surface area contributed by atoms with E-state index in [0.29, 0.717) is 0 Å². The fourth-order valence-corrected chi connectivity index (χ4v) is 5.98. The molecule has 0 aromatic carbocycles. The molecule has 0 aliphatic carbocycles. The van der Waals surface area contributed by atoms with E-state index in [1.807, 2.05) is 0 Å². The van der Waals surface area contributed by atoms with Crippen LogP contribution in [0.2, 0.25) is 0 Å². The second-order valence-corrected chi connectivity index (χ2v) is 14.8. The second-order valence-electron chi connectivity index (χ2n) is 13.5. The lowest BCUT2D eigenvalue weighted by molar-refractivity contribution is -0.177. The van der Waals surface area contributed by atoms with E-state index in [1.165, 1.54) is 0 Å². The number of ether oxygens (including phenoxy) is 6. The summed E-state index contributed by atoms with van der Waals surface area (Å²) in [6, 6.07) is 0. The highest BCUT2D eigenvalue weighted by Crippen LogP contribution is 2.45. The second kappa shape index (κ2) is 13.5. The summed E-state index contributed by atoms with van der Waals surface area (Å²) in [4.78, 5) is 26.7. The molecule has 8 atom stereocenters. The minimum Gasteiger partial charge on any atom is -0.460 e. The van der Waals surface area contributed by atoms with Crippen molar-refractivity contribution in [2.75, 3.05) is 10.7 Å². The third kappa shape index (κ3) is 10.4. The molecular formula is C28H48Br2O10. The molecule has 2 N–H and O–H groups in total. The quantitative estimate of drug-likeness (QED) is 0.238. The van der Waals surface area contributed by atoms with Gasteiger partial charge >= 0.3 is 11.9 Å². The highest BCUT2D eigenvalue weighted by Gasteiger charge is 2.56. The van der Waals surface area contributed by atoms with Crippen molar-refractivity contribution in [3.8, 4) is 0 Å². The van der Waals surface area contributed by atoms with Crippen LogP contribution in [0.1, 0.15) is 82.1 Å². The summed E-state index contributed by atoms with van der Waals surface area (Å²) >= 11 is 6.65. The zero-order valence-corrected chi connectivity index (χ0v) is 28.5. The first kappa shape index (κ1) is 35.9. The van der Waals surface area contributed by atoms with Crippen LogP contribution < -0.4 is 0 Å². The number of rotatable bonds is 11. The number of aliphatic hydroxyl groups is 2. The standard InChI is InChI=1S/C28H48Br2O10/c1-25(2,3)35-19(33)11-15(21-23(17(31)13-29)39-27(7,8)37-21)16(12-20(34)36-26(4,5)6)22-24(18(32)14-30)40-28(9,10)38-22/h15-18,21-24,31-32H,11-14H2,1-10H3/t15?,16?,17-,18-,21+,22+,23-,24-/m1/s1.